The Balaban J connectivity index is 2.55. The molecule has 0 spiro atoms. The number of rotatable bonds is 6. The first-order valence-corrected chi connectivity index (χ1v) is 6.63. The standard InChI is InChI=1S/C13H19Br/c1-2-7-12-8-3-4-9-13(12)10-5-6-11-14/h3-4,8-9H,2,5-7,10-11H2,1H3. The quantitative estimate of drug-likeness (QED) is 0.523. The van der Waals surface area contributed by atoms with Crippen molar-refractivity contribution in [1.29, 1.82) is 0 Å². The van der Waals surface area contributed by atoms with E-state index in [9.17, 15) is 0 Å². The van der Waals surface area contributed by atoms with Gasteiger partial charge < -0.3 is 0 Å². The van der Waals surface area contributed by atoms with Gasteiger partial charge in [-0.25, -0.2) is 0 Å². The van der Waals surface area contributed by atoms with Crippen LogP contribution in [0, 0.1) is 0 Å². The molecule has 0 amide bonds. The molecule has 0 aromatic heterocycles. The molecule has 0 aliphatic rings. The molecule has 1 rings (SSSR count). The lowest BCUT2D eigenvalue weighted by molar-refractivity contribution is 0.789. The van der Waals surface area contributed by atoms with Gasteiger partial charge in [0, 0.05) is 5.33 Å². The Hall–Kier alpha value is -0.300. The summed E-state index contributed by atoms with van der Waals surface area (Å²) in [6, 6.07) is 8.85. The Morgan fingerprint density at radius 1 is 1.00 bits per heavy atom. The van der Waals surface area contributed by atoms with Gasteiger partial charge in [-0.2, -0.15) is 0 Å². The number of halogens is 1. The Morgan fingerprint density at radius 3 is 2.21 bits per heavy atom. The van der Waals surface area contributed by atoms with Crippen LogP contribution in [0.2, 0.25) is 0 Å². The Labute approximate surface area is 95.9 Å². The molecule has 0 fully saturated rings. The maximum absolute atomic E-state index is 3.47. The number of hydrogen-bond donors (Lipinski definition) is 0. The number of benzene rings is 1. The average Bonchev–Trinajstić information content (AvgIpc) is 2.21. The summed E-state index contributed by atoms with van der Waals surface area (Å²) in [5.74, 6) is 0. The van der Waals surface area contributed by atoms with Gasteiger partial charge in [-0.05, 0) is 36.8 Å². The molecule has 0 radical (unpaired) electrons. The van der Waals surface area contributed by atoms with Gasteiger partial charge in [-0.15, -0.1) is 0 Å². The van der Waals surface area contributed by atoms with Crippen LogP contribution in [0.25, 0.3) is 0 Å². The molecule has 0 nitrogen and oxygen atoms in total. The molecule has 0 saturated heterocycles. The zero-order chi connectivity index (χ0) is 10.2. The summed E-state index contributed by atoms with van der Waals surface area (Å²) in [6.45, 7) is 2.25. The maximum Gasteiger partial charge on any atom is 0.00314 e. The molecule has 0 atom stereocenters. The fraction of sp³-hybridized carbons (Fsp3) is 0.538. The molecule has 1 heteroatoms. The summed E-state index contributed by atoms with van der Waals surface area (Å²) in [4.78, 5) is 0. The van der Waals surface area contributed by atoms with Gasteiger partial charge in [0.25, 0.3) is 0 Å². The minimum absolute atomic E-state index is 1.13. The molecule has 78 valence electrons. The van der Waals surface area contributed by atoms with E-state index in [1.807, 2.05) is 0 Å². The predicted molar refractivity (Wildman–Crippen MR) is 67.2 cm³/mol. The lowest BCUT2D eigenvalue weighted by Crippen LogP contribution is -1.94. The second-order valence-corrected chi connectivity index (χ2v) is 4.46. The monoisotopic (exact) mass is 254 g/mol. The fourth-order valence-corrected chi connectivity index (χ4v) is 2.12. The molecule has 1 aromatic carbocycles. The van der Waals surface area contributed by atoms with Crippen molar-refractivity contribution in [1.82, 2.24) is 0 Å². The smallest absolute Gasteiger partial charge is 0.00314 e. The topological polar surface area (TPSA) is 0 Å². The second-order valence-electron chi connectivity index (χ2n) is 3.66. The Kier molecular flexibility index (Phi) is 5.93. The van der Waals surface area contributed by atoms with Crippen LogP contribution in [0.1, 0.15) is 37.3 Å². The number of hydrogen-bond acceptors (Lipinski definition) is 0. The van der Waals surface area contributed by atoms with Crippen molar-refractivity contribution in [3.8, 4) is 0 Å². The molecule has 0 unspecified atom stereocenters. The van der Waals surface area contributed by atoms with E-state index in [0.717, 1.165) is 5.33 Å². The SMILES string of the molecule is CCCc1ccccc1CCCCBr. The molecular formula is C13H19Br. The third kappa shape index (κ3) is 3.83. The molecule has 0 heterocycles. The van der Waals surface area contributed by atoms with Crippen LogP contribution >= 0.6 is 15.9 Å². The van der Waals surface area contributed by atoms with Crippen LogP contribution in [0.3, 0.4) is 0 Å². The molecule has 0 aliphatic heterocycles. The molecule has 0 N–H and O–H groups in total. The van der Waals surface area contributed by atoms with Crippen LogP contribution < -0.4 is 0 Å². The van der Waals surface area contributed by atoms with Gasteiger partial charge in [0.15, 0.2) is 0 Å². The highest BCUT2D eigenvalue weighted by Crippen LogP contribution is 2.14. The first kappa shape index (κ1) is 11.8. The zero-order valence-corrected chi connectivity index (χ0v) is 10.5. The lowest BCUT2D eigenvalue weighted by Gasteiger charge is -2.07. The van der Waals surface area contributed by atoms with E-state index in [-0.39, 0.29) is 0 Å². The summed E-state index contributed by atoms with van der Waals surface area (Å²) in [6.07, 6.45) is 6.29. The van der Waals surface area contributed by atoms with Crippen molar-refractivity contribution in [2.24, 2.45) is 0 Å². The first-order valence-electron chi connectivity index (χ1n) is 5.51. The van der Waals surface area contributed by atoms with E-state index >= 15 is 0 Å². The Morgan fingerprint density at radius 2 is 1.64 bits per heavy atom. The van der Waals surface area contributed by atoms with E-state index in [1.165, 1.54) is 32.1 Å². The Bertz CT molecular complexity index is 255. The van der Waals surface area contributed by atoms with Crippen molar-refractivity contribution in [3.63, 3.8) is 0 Å². The van der Waals surface area contributed by atoms with Gasteiger partial charge in [0.2, 0.25) is 0 Å². The number of aryl methyl sites for hydroxylation is 2. The van der Waals surface area contributed by atoms with Crippen LogP contribution in [0.5, 0.6) is 0 Å². The number of unbranched alkanes of at least 4 members (excludes halogenated alkanes) is 1. The van der Waals surface area contributed by atoms with E-state index in [4.69, 9.17) is 0 Å². The van der Waals surface area contributed by atoms with Crippen LogP contribution in [-0.4, -0.2) is 5.33 Å². The van der Waals surface area contributed by atoms with Crippen molar-refractivity contribution in [2.75, 3.05) is 5.33 Å². The van der Waals surface area contributed by atoms with Crippen LogP contribution in [0.4, 0.5) is 0 Å². The molecule has 0 aliphatic carbocycles. The normalized spacial score (nSPS) is 10.4. The number of alkyl halides is 1. The lowest BCUT2D eigenvalue weighted by atomic mass is 9.99. The molecule has 0 bridgehead atoms. The minimum atomic E-state index is 1.13. The molecular weight excluding hydrogens is 236 g/mol. The summed E-state index contributed by atoms with van der Waals surface area (Å²) in [5, 5.41) is 1.13. The first-order chi connectivity index (χ1) is 6.88. The van der Waals surface area contributed by atoms with Gasteiger partial charge >= 0.3 is 0 Å². The predicted octanol–water partition coefficient (Wildman–Crippen LogP) is 4.36. The van der Waals surface area contributed by atoms with E-state index in [1.54, 1.807) is 11.1 Å². The molecule has 1 aromatic rings. The highest BCUT2D eigenvalue weighted by atomic mass is 79.9. The molecule has 14 heavy (non-hydrogen) atoms. The minimum Gasteiger partial charge on any atom is -0.0928 e. The van der Waals surface area contributed by atoms with Gasteiger partial charge in [0.1, 0.15) is 0 Å². The average molecular weight is 255 g/mol. The maximum atomic E-state index is 3.47. The summed E-state index contributed by atoms with van der Waals surface area (Å²) in [5.41, 5.74) is 3.10. The van der Waals surface area contributed by atoms with Crippen molar-refractivity contribution in [2.45, 2.75) is 39.0 Å². The second kappa shape index (κ2) is 7.05. The highest BCUT2D eigenvalue weighted by molar-refractivity contribution is 9.09. The van der Waals surface area contributed by atoms with Crippen molar-refractivity contribution >= 4 is 15.9 Å². The fourth-order valence-electron chi connectivity index (χ4n) is 1.72. The summed E-state index contributed by atoms with van der Waals surface area (Å²) in [7, 11) is 0. The van der Waals surface area contributed by atoms with E-state index in [2.05, 4.69) is 47.1 Å². The van der Waals surface area contributed by atoms with Crippen LogP contribution in [0.15, 0.2) is 24.3 Å². The summed E-state index contributed by atoms with van der Waals surface area (Å²) >= 11 is 3.47. The third-order valence-electron chi connectivity index (χ3n) is 2.47. The van der Waals surface area contributed by atoms with E-state index in [0.29, 0.717) is 0 Å². The zero-order valence-electron chi connectivity index (χ0n) is 8.93. The molecule has 0 saturated carbocycles. The van der Waals surface area contributed by atoms with Crippen molar-refractivity contribution in [3.05, 3.63) is 35.4 Å². The van der Waals surface area contributed by atoms with Crippen molar-refractivity contribution < 1.29 is 0 Å². The van der Waals surface area contributed by atoms with E-state index < -0.39 is 0 Å². The summed E-state index contributed by atoms with van der Waals surface area (Å²) < 4.78 is 0. The largest absolute Gasteiger partial charge is 0.0928 e. The van der Waals surface area contributed by atoms with Gasteiger partial charge in [0.05, 0.1) is 0 Å². The van der Waals surface area contributed by atoms with Crippen LogP contribution in [-0.2, 0) is 12.8 Å². The third-order valence-corrected chi connectivity index (χ3v) is 3.03. The van der Waals surface area contributed by atoms with Gasteiger partial charge in [-0.3, -0.25) is 0 Å². The van der Waals surface area contributed by atoms with Gasteiger partial charge in [-0.1, -0.05) is 53.5 Å². The highest BCUT2D eigenvalue weighted by Gasteiger charge is 1.99.